The summed E-state index contributed by atoms with van der Waals surface area (Å²) in [6.07, 6.45) is -27.6. The van der Waals surface area contributed by atoms with Crippen molar-refractivity contribution in [3.05, 3.63) is 0 Å². The van der Waals surface area contributed by atoms with Crippen molar-refractivity contribution in [3.8, 4) is 0 Å². The second-order valence-electron chi connectivity index (χ2n) is 19.9. The van der Waals surface area contributed by atoms with E-state index in [0.717, 1.165) is 54.4 Å². The third kappa shape index (κ3) is 234. The van der Waals surface area contributed by atoms with Crippen LogP contribution in [0.4, 0.5) is 87.8 Å². The van der Waals surface area contributed by atoms with E-state index in [4.69, 9.17) is 23.2 Å². The molecule has 0 aliphatic heterocycles. The Morgan fingerprint density at radius 1 is 0.241 bits per heavy atom. The molecule has 0 saturated heterocycles. The Morgan fingerprint density at radius 3 is 0.310 bits per heavy atom. The van der Waals surface area contributed by atoms with Gasteiger partial charge in [0.1, 0.15) is 10.5 Å². The van der Waals surface area contributed by atoms with E-state index in [2.05, 4.69) is 48.5 Å². The molecule has 87 heavy (non-hydrogen) atoms. The molecule has 0 aromatic rings. The third-order valence-corrected chi connectivity index (χ3v) is 4.48. The molecule has 0 atom stereocenters. The summed E-state index contributed by atoms with van der Waals surface area (Å²) in [6.45, 7) is 34.3. The number of alkyl halides is 22. The predicted molar refractivity (Wildman–Crippen MR) is 387 cm³/mol. The van der Waals surface area contributed by atoms with Gasteiger partial charge in [0.25, 0.3) is 0 Å². The van der Waals surface area contributed by atoms with Crippen molar-refractivity contribution >= 4 is 23.2 Å². The molecular formula is C65H178Cl2F20. The summed E-state index contributed by atoms with van der Waals surface area (Å²) in [5.41, 5.74) is -8.75. The molecule has 0 aromatic heterocycles. The van der Waals surface area contributed by atoms with Crippen molar-refractivity contribution in [1.29, 1.82) is 0 Å². The van der Waals surface area contributed by atoms with Gasteiger partial charge >= 0.3 is 37.1 Å². The van der Waals surface area contributed by atoms with Crippen molar-refractivity contribution in [2.24, 2.45) is 28.1 Å². The van der Waals surface area contributed by atoms with Gasteiger partial charge in [0, 0.05) is 10.8 Å². The average Bonchev–Trinajstić information content (AvgIpc) is 2.76. The monoisotopic (exact) mass is 1410 g/mol. The fraction of sp³-hybridized carbons (Fsp3) is 1.00. The maximum Gasteiger partial charge on any atom is 0.421 e. The molecule has 0 aliphatic carbocycles. The molecule has 22 heteroatoms. The van der Waals surface area contributed by atoms with Gasteiger partial charge < -0.3 is 0 Å². The first-order valence-corrected chi connectivity index (χ1v) is 18.8. The molecule has 0 aromatic carbocycles. The van der Waals surface area contributed by atoms with Crippen LogP contribution in [0, 0.1) is 28.1 Å². The topological polar surface area (TPSA) is 0 Å². The van der Waals surface area contributed by atoms with Crippen LogP contribution in [-0.4, -0.2) is 58.1 Å². The summed E-state index contributed by atoms with van der Waals surface area (Å²) < 4.78 is 229. The lowest BCUT2D eigenvalue weighted by Crippen LogP contribution is -2.44. The van der Waals surface area contributed by atoms with Gasteiger partial charge in [-0.05, 0) is 94.4 Å². The van der Waals surface area contributed by atoms with E-state index in [-0.39, 0.29) is 212 Å². The van der Waals surface area contributed by atoms with Crippen molar-refractivity contribution < 1.29 is 87.8 Å². The van der Waals surface area contributed by atoms with Crippen molar-refractivity contribution in [2.75, 3.05) is 0 Å². The largest absolute Gasteiger partial charge is 0.421 e. The minimum atomic E-state index is -5.24. The second-order valence-corrected chi connectivity index (χ2v) is 21.9. The van der Waals surface area contributed by atoms with Crippen LogP contribution in [0.1, 0.15) is 359 Å². The summed E-state index contributed by atoms with van der Waals surface area (Å²) in [5.74, 6) is -0.368. The van der Waals surface area contributed by atoms with Crippen LogP contribution in [-0.2, 0) is 0 Å². The molecule has 592 valence electrons. The van der Waals surface area contributed by atoms with E-state index >= 15 is 0 Å². The summed E-state index contributed by atoms with van der Waals surface area (Å²) in [6, 6.07) is 0. The van der Waals surface area contributed by atoms with Crippen LogP contribution >= 0.6 is 23.2 Å². The van der Waals surface area contributed by atoms with Crippen LogP contribution in [0.15, 0.2) is 0 Å². The van der Waals surface area contributed by atoms with Crippen LogP contribution < -0.4 is 0 Å². The molecule has 0 unspecified atom stereocenters. The second kappa shape index (κ2) is 87.2. The highest BCUT2D eigenvalue weighted by Gasteiger charge is 2.64. The lowest BCUT2D eigenvalue weighted by atomic mass is 9.92. The molecule has 0 rings (SSSR count). The first-order chi connectivity index (χ1) is 24.9. The molecule has 0 fully saturated rings. The lowest BCUT2D eigenvalue weighted by Gasteiger charge is -2.29. The van der Waals surface area contributed by atoms with Gasteiger partial charge in [0.05, 0.1) is 5.41 Å². The first-order valence-electron chi connectivity index (χ1n) is 18.1. The Labute approximate surface area is 554 Å². The molecule has 0 nitrogen and oxygen atoms in total. The van der Waals surface area contributed by atoms with Crippen molar-refractivity contribution in [1.82, 2.24) is 0 Å². The molecule has 0 radical (unpaired) electrons. The van der Waals surface area contributed by atoms with E-state index in [0.29, 0.717) is 19.3 Å². The van der Waals surface area contributed by atoms with Crippen LogP contribution in [0.25, 0.3) is 0 Å². The molecule has 0 amide bonds. The number of rotatable bonds is 0. The first kappa shape index (κ1) is 239. The molecule has 0 heterocycles. The highest BCUT2D eigenvalue weighted by molar-refractivity contribution is 6.24. The molecule has 0 bridgehead atoms. The SMILES string of the molecule is C.C.C.C.C.C.C.C.C.C.C.C.C.C.C.C.C.C.C.C.C.C.C.C.C.C.CC(C)(C(F)(F)F)C(F)(F)F.CC(C)(C)C.CC(C)(C)C(F)(F)F.CC(C)(C)Cl.CC(C)(C)F.CC(C)(Cl)C(F)(F)F.CC(C)(F)C(F)(F)F.CC(C)C.CC(C)C(F)(F)F. The standard InChI is InChI=1S/C5H6F6.C5H9F3.C5H12.C4H6ClF3.C4H9Cl.C4H6F4.C4H7F3.C4H9F.C4H10.26CH4/c1-3(2,4(6,7)8)5(9,10)11;1-4(2,3)5(6,7)8;1-5(2,3)4;1-3(2,5)4(6,7)8;1-4(2,3)5;1-3(2,5)4(6,7)8;1-3(2)4(5,6)7;1-4(2,3)5;1-4(2)3;;;;;;;;;;;;;;;;;;;;;;;;;;/h1-2H3;1-3H3;1-4H3;1-2H3;1-3H3;1-2H3;3H,1-2H3;1-3H3;4H,1-3H3;26*1H4. The van der Waals surface area contributed by atoms with Crippen molar-refractivity contribution in [2.45, 2.75) is 417 Å². The maximum absolute atomic E-state index is 11.8. The zero-order valence-corrected chi connectivity index (χ0v) is 41.5. The van der Waals surface area contributed by atoms with Gasteiger partial charge in [-0.3, -0.25) is 0 Å². The van der Waals surface area contributed by atoms with Gasteiger partial charge in [-0.1, -0.05) is 276 Å². The Kier molecular flexibility index (Phi) is 239. The Hall–Kier alpha value is -0.820. The predicted octanol–water partition coefficient (Wildman–Crippen LogP) is 36.8. The van der Waals surface area contributed by atoms with Crippen LogP contribution in [0.3, 0.4) is 0 Å². The molecule has 0 spiro atoms. The highest BCUT2D eigenvalue weighted by Crippen LogP contribution is 2.49. The quantitative estimate of drug-likeness (QED) is 0.168. The third-order valence-electron chi connectivity index (χ3n) is 4.27. The summed E-state index contributed by atoms with van der Waals surface area (Å²) in [5, 5.41) is 0. The van der Waals surface area contributed by atoms with E-state index in [9.17, 15) is 87.8 Å². The smallest absolute Gasteiger partial charge is 0.245 e. The highest BCUT2D eigenvalue weighted by atomic mass is 35.5. The van der Waals surface area contributed by atoms with Crippen molar-refractivity contribution in [3.63, 3.8) is 0 Å². The van der Waals surface area contributed by atoms with Gasteiger partial charge in [0.15, 0.2) is 11.1 Å². The minimum absolute atomic E-state index is 0. The zero-order valence-electron chi connectivity index (χ0n) is 40.0. The van der Waals surface area contributed by atoms with Crippen LogP contribution in [0.2, 0.25) is 0 Å². The molecule has 0 saturated carbocycles. The van der Waals surface area contributed by atoms with E-state index in [1.54, 1.807) is 0 Å². The van der Waals surface area contributed by atoms with E-state index in [1.807, 2.05) is 20.8 Å². The van der Waals surface area contributed by atoms with Crippen LogP contribution in [0.5, 0.6) is 0 Å². The Bertz CT molecular complexity index is 874. The number of hydrogen-bond acceptors (Lipinski definition) is 0. The Balaban J connectivity index is -0.0000000103. The van der Waals surface area contributed by atoms with Gasteiger partial charge in [-0.2, -0.15) is 79.0 Å². The summed E-state index contributed by atoms with van der Waals surface area (Å²) in [7, 11) is 0. The zero-order chi connectivity index (χ0) is 53.7. The van der Waals surface area contributed by atoms with E-state index < -0.39 is 70.0 Å². The van der Waals surface area contributed by atoms with E-state index in [1.165, 1.54) is 20.8 Å². The normalized spacial score (nSPS) is 9.38. The van der Waals surface area contributed by atoms with Gasteiger partial charge in [-0.15, -0.1) is 23.2 Å². The number of hydrogen-bond donors (Lipinski definition) is 0. The van der Waals surface area contributed by atoms with Gasteiger partial charge in [0.2, 0.25) is 0 Å². The molecule has 0 aliphatic rings. The minimum Gasteiger partial charge on any atom is -0.245 e. The lowest BCUT2D eigenvalue weighted by molar-refractivity contribution is -0.327. The Morgan fingerprint density at radius 2 is 0.310 bits per heavy atom. The fourth-order valence-electron chi connectivity index (χ4n) is 0.161. The maximum atomic E-state index is 11.8. The average molecular weight is 1410 g/mol. The fourth-order valence-corrected chi connectivity index (χ4v) is 0.161. The molecule has 0 N–H and O–H groups in total. The molecular weight excluding hydrogens is 1230 g/mol. The van der Waals surface area contributed by atoms with Gasteiger partial charge in [-0.25, -0.2) is 8.78 Å². The summed E-state index contributed by atoms with van der Waals surface area (Å²) >= 11 is 10.4. The number of halogens is 22. The summed E-state index contributed by atoms with van der Waals surface area (Å²) in [4.78, 5) is -2.12.